The van der Waals surface area contributed by atoms with Crippen molar-refractivity contribution < 1.29 is 14.7 Å². The quantitative estimate of drug-likeness (QED) is 0.764. The van der Waals surface area contributed by atoms with E-state index >= 15 is 0 Å². The maximum atomic E-state index is 13.6. The van der Waals surface area contributed by atoms with E-state index < -0.39 is 11.4 Å². The molecule has 1 atom stereocenters. The van der Waals surface area contributed by atoms with Gasteiger partial charge in [0.15, 0.2) is 0 Å². The van der Waals surface area contributed by atoms with E-state index in [0.717, 1.165) is 44.2 Å². The standard InChI is InChI=1S/C21H31ClN2O3/c1-4-21(5-2,16-8-10-17(22)11-9-16)20(27)24-13-6-7-18(12-14-24)23(3)15-19(25)26/h8-11,18H,4-7,12-15H2,1-3H3,(H,25,26). The Morgan fingerprint density at radius 2 is 1.81 bits per heavy atom. The van der Waals surface area contributed by atoms with E-state index in [9.17, 15) is 9.59 Å². The highest BCUT2D eigenvalue weighted by molar-refractivity contribution is 6.30. The summed E-state index contributed by atoms with van der Waals surface area (Å²) < 4.78 is 0. The van der Waals surface area contributed by atoms with Gasteiger partial charge >= 0.3 is 5.97 Å². The summed E-state index contributed by atoms with van der Waals surface area (Å²) in [6, 6.07) is 7.84. The minimum atomic E-state index is -0.812. The third-order valence-corrected chi connectivity index (χ3v) is 6.26. The molecule has 1 unspecified atom stereocenters. The first-order chi connectivity index (χ1) is 12.8. The van der Waals surface area contributed by atoms with Crippen molar-refractivity contribution in [3.05, 3.63) is 34.9 Å². The number of carbonyl (C=O) groups is 2. The van der Waals surface area contributed by atoms with Gasteiger partial charge < -0.3 is 10.0 Å². The van der Waals surface area contributed by atoms with Gasteiger partial charge in [-0.1, -0.05) is 37.6 Å². The largest absolute Gasteiger partial charge is 0.480 e. The fourth-order valence-electron chi connectivity index (χ4n) is 4.22. The van der Waals surface area contributed by atoms with E-state index in [-0.39, 0.29) is 18.5 Å². The Bertz CT molecular complexity index is 643. The lowest BCUT2D eigenvalue weighted by Crippen LogP contribution is -2.47. The minimum absolute atomic E-state index is 0.0389. The van der Waals surface area contributed by atoms with Crippen LogP contribution >= 0.6 is 11.6 Å². The molecule has 1 aliphatic rings. The number of likely N-dealkylation sites (N-methyl/N-ethyl adjacent to an activating group) is 1. The first-order valence-electron chi connectivity index (χ1n) is 9.81. The van der Waals surface area contributed by atoms with Gasteiger partial charge in [-0.3, -0.25) is 14.5 Å². The number of hydrogen-bond donors (Lipinski definition) is 1. The number of nitrogens with zero attached hydrogens (tertiary/aromatic N) is 2. The van der Waals surface area contributed by atoms with Crippen LogP contribution in [0.5, 0.6) is 0 Å². The van der Waals surface area contributed by atoms with Crippen LogP contribution in [0.25, 0.3) is 0 Å². The molecule has 0 spiro atoms. The number of carboxylic acids is 1. The lowest BCUT2D eigenvalue weighted by molar-refractivity contribution is -0.139. The van der Waals surface area contributed by atoms with Crippen molar-refractivity contribution in [3.8, 4) is 0 Å². The van der Waals surface area contributed by atoms with Gasteiger partial charge in [-0.15, -0.1) is 0 Å². The molecule has 2 rings (SSSR count). The SMILES string of the molecule is CCC(CC)(C(=O)N1CCCC(N(C)CC(=O)O)CC1)c1ccc(Cl)cc1. The molecule has 1 amide bonds. The molecule has 1 aliphatic heterocycles. The molecule has 27 heavy (non-hydrogen) atoms. The molecular weight excluding hydrogens is 364 g/mol. The topological polar surface area (TPSA) is 60.9 Å². The number of carboxylic acid groups (broad SMARTS) is 1. The molecule has 0 aliphatic carbocycles. The number of carbonyl (C=O) groups excluding carboxylic acids is 1. The lowest BCUT2D eigenvalue weighted by Gasteiger charge is -2.36. The van der Waals surface area contributed by atoms with E-state index in [0.29, 0.717) is 11.6 Å². The number of amides is 1. The number of benzene rings is 1. The highest BCUT2D eigenvalue weighted by Crippen LogP contribution is 2.35. The van der Waals surface area contributed by atoms with Crippen molar-refractivity contribution in [1.82, 2.24) is 9.80 Å². The second-order valence-electron chi connectivity index (χ2n) is 7.48. The van der Waals surface area contributed by atoms with Crippen LogP contribution in [0.15, 0.2) is 24.3 Å². The van der Waals surface area contributed by atoms with Gasteiger partial charge in [0.05, 0.1) is 12.0 Å². The molecule has 0 bridgehead atoms. The Balaban J connectivity index is 2.16. The van der Waals surface area contributed by atoms with Crippen LogP contribution < -0.4 is 0 Å². The summed E-state index contributed by atoms with van der Waals surface area (Å²) in [5.41, 5.74) is 0.489. The first kappa shape index (κ1) is 21.7. The zero-order chi connectivity index (χ0) is 20.0. The smallest absolute Gasteiger partial charge is 0.317 e. The normalized spacial score (nSPS) is 18.4. The summed E-state index contributed by atoms with van der Waals surface area (Å²) >= 11 is 6.04. The summed E-state index contributed by atoms with van der Waals surface area (Å²) in [5, 5.41) is 9.70. The van der Waals surface area contributed by atoms with Gasteiger partial charge in [0, 0.05) is 24.2 Å². The molecule has 0 saturated carbocycles. The van der Waals surface area contributed by atoms with Crippen molar-refractivity contribution >= 4 is 23.5 Å². The Kier molecular flexibility index (Phi) is 7.68. The van der Waals surface area contributed by atoms with E-state index in [1.807, 2.05) is 41.1 Å². The van der Waals surface area contributed by atoms with Gasteiger partial charge in [0.1, 0.15) is 0 Å². The first-order valence-corrected chi connectivity index (χ1v) is 10.2. The number of rotatable bonds is 7. The zero-order valence-corrected chi connectivity index (χ0v) is 17.3. The second-order valence-corrected chi connectivity index (χ2v) is 7.92. The minimum Gasteiger partial charge on any atom is -0.480 e. The lowest BCUT2D eigenvalue weighted by atomic mass is 9.74. The molecule has 1 fully saturated rings. The number of aliphatic carboxylic acids is 1. The van der Waals surface area contributed by atoms with Crippen LogP contribution in [0.4, 0.5) is 0 Å². The van der Waals surface area contributed by atoms with E-state index in [1.54, 1.807) is 0 Å². The molecule has 1 saturated heterocycles. The summed E-state index contributed by atoms with van der Waals surface area (Å²) in [6.07, 6.45) is 4.09. The monoisotopic (exact) mass is 394 g/mol. The summed E-state index contributed by atoms with van der Waals surface area (Å²) in [6.45, 7) is 5.57. The highest BCUT2D eigenvalue weighted by Gasteiger charge is 2.40. The van der Waals surface area contributed by atoms with Crippen molar-refractivity contribution in [1.29, 1.82) is 0 Å². The zero-order valence-electron chi connectivity index (χ0n) is 16.6. The fraction of sp³-hybridized carbons (Fsp3) is 0.619. The van der Waals surface area contributed by atoms with Gasteiger partial charge in [0.25, 0.3) is 0 Å². The molecule has 1 N–H and O–H groups in total. The third-order valence-electron chi connectivity index (χ3n) is 6.01. The molecule has 1 aromatic carbocycles. The Labute approximate surface area is 167 Å². The summed E-state index contributed by atoms with van der Waals surface area (Å²) in [7, 11) is 1.85. The number of hydrogen-bond acceptors (Lipinski definition) is 3. The molecule has 150 valence electrons. The van der Waals surface area contributed by atoms with Gasteiger partial charge in [-0.2, -0.15) is 0 Å². The van der Waals surface area contributed by atoms with Crippen LogP contribution in [0.2, 0.25) is 5.02 Å². The molecule has 0 radical (unpaired) electrons. The number of halogens is 1. The average Bonchev–Trinajstić information content (AvgIpc) is 2.90. The van der Waals surface area contributed by atoms with Crippen LogP contribution in [0.3, 0.4) is 0 Å². The van der Waals surface area contributed by atoms with Crippen LogP contribution in [-0.4, -0.2) is 59.5 Å². The molecule has 5 nitrogen and oxygen atoms in total. The second kappa shape index (κ2) is 9.56. The third kappa shape index (κ3) is 5.02. The van der Waals surface area contributed by atoms with E-state index in [4.69, 9.17) is 16.7 Å². The Morgan fingerprint density at radius 3 is 2.37 bits per heavy atom. The molecule has 1 aromatic rings. The summed E-state index contributed by atoms with van der Waals surface area (Å²) in [5.74, 6) is -0.634. The highest BCUT2D eigenvalue weighted by atomic mass is 35.5. The van der Waals surface area contributed by atoms with E-state index in [2.05, 4.69) is 13.8 Å². The average molecular weight is 395 g/mol. The molecule has 1 heterocycles. The van der Waals surface area contributed by atoms with Crippen LogP contribution in [0.1, 0.15) is 51.5 Å². The molecular formula is C21H31ClN2O3. The molecule has 0 aromatic heterocycles. The van der Waals surface area contributed by atoms with Gasteiger partial charge in [-0.05, 0) is 56.8 Å². The number of likely N-dealkylation sites (tertiary alicyclic amines) is 1. The van der Waals surface area contributed by atoms with Crippen LogP contribution in [-0.2, 0) is 15.0 Å². The Morgan fingerprint density at radius 1 is 1.19 bits per heavy atom. The molecule has 6 heteroatoms. The van der Waals surface area contributed by atoms with Crippen molar-refractivity contribution in [2.45, 2.75) is 57.4 Å². The van der Waals surface area contributed by atoms with Crippen LogP contribution in [0, 0.1) is 0 Å². The van der Waals surface area contributed by atoms with Crippen molar-refractivity contribution in [2.75, 3.05) is 26.7 Å². The maximum absolute atomic E-state index is 13.6. The predicted molar refractivity (Wildman–Crippen MR) is 108 cm³/mol. The Hall–Kier alpha value is -1.59. The summed E-state index contributed by atoms with van der Waals surface area (Å²) in [4.78, 5) is 28.4. The maximum Gasteiger partial charge on any atom is 0.317 e. The van der Waals surface area contributed by atoms with Gasteiger partial charge in [0.2, 0.25) is 5.91 Å². The fourth-order valence-corrected chi connectivity index (χ4v) is 4.35. The van der Waals surface area contributed by atoms with Crippen molar-refractivity contribution in [3.63, 3.8) is 0 Å². The predicted octanol–water partition coefficient (Wildman–Crippen LogP) is 3.80. The van der Waals surface area contributed by atoms with E-state index in [1.165, 1.54) is 0 Å². The van der Waals surface area contributed by atoms with Crippen molar-refractivity contribution in [2.24, 2.45) is 0 Å². The van der Waals surface area contributed by atoms with Gasteiger partial charge in [-0.25, -0.2) is 0 Å².